The fourth-order valence-corrected chi connectivity index (χ4v) is 3.87. The second-order valence-corrected chi connectivity index (χ2v) is 7.66. The molecule has 3 aromatic rings. The number of nitrogens with zero attached hydrogens (tertiary/aromatic N) is 2. The molecule has 2 heterocycles. The maximum atomic E-state index is 12.5. The molecule has 8 heteroatoms. The lowest BCUT2D eigenvalue weighted by Gasteiger charge is -2.11. The lowest BCUT2D eigenvalue weighted by Crippen LogP contribution is -2.32. The van der Waals surface area contributed by atoms with E-state index in [1.54, 1.807) is 37.3 Å². The summed E-state index contributed by atoms with van der Waals surface area (Å²) in [5, 5.41) is 4.21. The normalized spacial score (nSPS) is 11.6. The van der Waals surface area contributed by atoms with Gasteiger partial charge < -0.3 is 4.42 Å². The molecule has 2 aromatic heterocycles. The topological polar surface area (TPSA) is 94.2 Å². The van der Waals surface area contributed by atoms with Crippen LogP contribution in [0.1, 0.15) is 11.1 Å². The van der Waals surface area contributed by atoms with Crippen LogP contribution in [0.25, 0.3) is 11.5 Å². The zero-order chi connectivity index (χ0) is 18.7. The summed E-state index contributed by atoms with van der Waals surface area (Å²) in [4.78, 5) is 12.2. The molecule has 0 spiro atoms. The van der Waals surface area contributed by atoms with Crippen LogP contribution in [0.5, 0.6) is 0 Å². The van der Waals surface area contributed by atoms with Crippen molar-refractivity contribution in [2.45, 2.75) is 25.3 Å². The molecule has 0 amide bonds. The maximum Gasteiger partial charge on any atom is 0.266 e. The van der Waals surface area contributed by atoms with Crippen LogP contribution in [-0.4, -0.2) is 24.7 Å². The Kier molecular flexibility index (Phi) is 5.06. The minimum atomic E-state index is -3.66. The van der Waals surface area contributed by atoms with Crippen LogP contribution in [0.15, 0.2) is 62.8 Å². The second kappa shape index (κ2) is 7.27. The fraction of sp³-hybridized carbons (Fsp3) is 0.222. The minimum Gasteiger partial charge on any atom is -0.463 e. The lowest BCUT2D eigenvalue weighted by atomic mass is 10.2. The van der Waals surface area contributed by atoms with E-state index in [1.165, 1.54) is 17.0 Å². The van der Waals surface area contributed by atoms with Gasteiger partial charge in [-0.2, -0.15) is 5.10 Å². The van der Waals surface area contributed by atoms with E-state index in [-0.39, 0.29) is 23.5 Å². The highest BCUT2D eigenvalue weighted by atomic mass is 32.2. The Morgan fingerprint density at radius 1 is 1.15 bits per heavy atom. The quantitative estimate of drug-likeness (QED) is 0.714. The number of hydrogen-bond acceptors (Lipinski definition) is 5. The average Bonchev–Trinajstić information content (AvgIpc) is 3.10. The second-order valence-electron chi connectivity index (χ2n) is 5.92. The van der Waals surface area contributed by atoms with Gasteiger partial charge in [-0.1, -0.05) is 17.7 Å². The van der Waals surface area contributed by atoms with Crippen LogP contribution in [0.4, 0.5) is 0 Å². The van der Waals surface area contributed by atoms with Crippen LogP contribution in [-0.2, 0) is 16.6 Å². The van der Waals surface area contributed by atoms with Crippen LogP contribution in [0.2, 0.25) is 0 Å². The molecule has 0 aliphatic rings. The third-order valence-corrected chi connectivity index (χ3v) is 5.50. The summed E-state index contributed by atoms with van der Waals surface area (Å²) in [5.74, 6) is 0.537. The first kappa shape index (κ1) is 18.1. The molecule has 0 aliphatic heterocycles. The Balaban J connectivity index is 1.73. The average molecular weight is 373 g/mol. The summed E-state index contributed by atoms with van der Waals surface area (Å²) < 4.78 is 33.9. The molecule has 0 fully saturated rings. The third kappa shape index (κ3) is 3.92. The predicted octanol–water partition coefficient (Wildman–Crippen LogP) is 2.10. The summed E-state index contributed by atoms with van der Waals surface area (Å²) in [6.07, 6.45) is 1.52. The van der Waals surface area contributed by atoms with Crippen molar-refractivity contribution in [3.05, 3.63) is 70.2 Å². The van der Waals surface area contributed by atoms with Crippen LogP contribution in [0.3, 0.4) is 0 Å². The molecular formula is C18H19N3O4S. The number of rotatable bonds is 6. The molecular weight excluding hydrogens is 354 g/mol. The first-order valence-corrected chi connectivity index (χ1v) is 9.54. The van der Waals surface area contributed by atoms with Gasteiger partial charge in [-0.3, -0.25) is 4.79 Å². The van der Waals surface area contributed by atoms with E-state index >= 15 is 0 Å². The summed E-state index contributed by atoms with van der Waals surface area (Å²) in [7, 11) is -3.66. The van der Waals surface area contributed by atoms with Crippen molar-refractivity contribution < 1.29 is 12.8 Å². The van der Waals surface area contributed by atoms with Crippen LogP contribution < -0.4 is 10.3 Å². The Bertz CT molecular complexity index is 1070. The number of sulfonamides is 1. The predicted molar refractivity (Wildman–Crippen MR) is 97.3 cm³/mol. The molecule has 0 unspecified atom stereocenters. The largest absolute Gasteiger partial charge is 0.463 e. The Hall–Kier alpha value is -2.71. The summed E-state index contributed by atoms with van der Waals surface area (Å²) in [6, 6.07) is 11.5. The number of nitrogens with one attached hydrogen (secondary N) is 1. The smallest absolute Gasteiger partial charge is 0.266 e. The number of hydrogen-bond donors (Lipinski definition) is 1. The zero-order valence-electron chi connectivity index (χ0n) is 14.5. The molecule has 1 N–H and O–H groups in total. The van der Waals surface area contributed by atoms with Gasteiger partial charge in [0.25, 0.3) is 5.56 Å². The Labute approximate surface area is 151 Å². The van der Waals surface area contributed by atoms with Crippen molar-refractivity contribution in [1.29, 1.82) is 0 Å². The number of furan rings is 1. The van der Waals surface area contributed by atoms with Crippen molar-refractivity contribution in [2.24, 2.45) is 0 Å². The summed E-state index contributed by atoms with van der Waals surface area (Å²) in [6.45, 7) is 3.81. The van der Waals surface area contributed by atoms with Gasteiger partial charge in [0.05, 0.1) is 17.7 Å². The number of benzene rings is 1. The van der Waals surface area contributed by atoms with Crippen molar-refractivity contribution in [3.63, 3.8) is 0 Å². The van der Waals surface area contributed by atoms with Gasteiger partial charge >= 0.3 is 0 Å². The van der Waals surface area contributed by atoms with Gasteiger partial charge in [0.1, 0.15) is 5.69 Å². The van der Waals surface area contributed by atoms with E-state index < -0.39 is 10.0 Å². The van der Waals surface area contributed by atoms with Gasteiger partial charge in [0.15, 0.2) is 5.76 Å². The molecule has 3 rings (SSSR count). The number of aryl methyl sites for hydroxylation is 2. The first-order chi connectivity index (χ1) is 12.4. The maximum absolute atomic E-state index is 12.5. The monoisotopic (exact) mass is 373 g/mol. The molecule has 7 nitrogen and oxygen atoms in total. The van der Waals surface area contributed by atoms with Crippen molar-refractivity contribution in [2.75, 3.05) is 6.54 Å². The first-order valence-electron chi connectivity index (χ1n) is 8.06. The molecule has 1 aromatic carbocycles. The molecule has 0 saturated heterocycles. The molecule has 0 saturated carbocycles. The SMILES string of the molecule is Cc1ccc(S(=O)(=O)NCCn2nc(-c3ccco3)ccc2=O)c(C)c1. The van der Waals surface area contributed by atoms with Crippen molar-refractivity contribution in [3.8, 4) is 11.5 Å². The summed E-state index contributed by atoms with van der Waals surface area (Å²) >= 11 is 0. The molecule has 0 bridgehead atoms. The van der Waals surface area contributed by atoms with E-state index in [0.717, 1.165) is 5.56 Å². The van der Waals surface area contributed by atoms with E-state index in [0.29, 0.717) is 17.0 Å². The van der Waals surface area contributed by atoms with Crippen LogP contribution >= 0.6 is 0 Å². The molecule has 136 valence electrons. The van der Waals surface area contributed by atoms with Crippen molar-refractivity contribution in [1.82, 2.24) is 14.5 Å². The van der Waals surface area contributed by atoms with Crippen molar-refractivity contribution >= 4 is 10.0 Å². The lowest BCUT2D eigenvalue weighted by molar-refractivity contribution is 0.539. The molecule has 0 aliphatic carbocycles. The fourth-order valence-electron chi connectivity index (χ4n) is 2.63. The standard InChI is InChI=1S/C18H19N3O4S/c1-13-5-7-17(14(2)12-13)26(23,24)19-9-10-21-18(22)8-6-15(20-21)16-4-3-11-25-16/h3-8,11-12,19H,9-10H2,1-2H3. The summed E-state index contributed by atoms with van der Waals surface area (Å²) in [5.41, 5.74) is 1.86. The van der Waals surface area contributed by atoms with E-state index in [4.69, 9.17) is 4.42 Å². The number of aromatic nitrogens is 2. The highest BCUT2D eigenvalue weighted by Crippen LogP contribution is 2.16. The Morgan fingerprint density at radius 2 is 1.96 bits per heavy atom. The molecule has 0 atom stereocenters. The zero-order valence-corrected chi connectivity index (χ0v) is 15.3. The van der Waals surface area contributed by atoms with Gasteiger partial charge in [-0.15, -0.1) is 0 Å². The highest BCUT2D eigenvalue weighted by Gasteiger charge is 2.16. The van der Waals surface area contributed by atoms with Gasteiger partial charge in [-0.25, -0.2) is 17.8 Å². The highest BCUT2D eigenvalue weighted by molar-refractivity contribution is 7.89. The van der Waals surface area contributed by atoms with Gasteiger partial charge in [-0.05, 0) is 43.7 Å². The Morgan fingerprint density at radius 3 is 2.65 bits per heavy atom. The van der Waals surface area contributed by atoms with E-state index in [9.17, 15) is 13.2 Å². The van der Waals surface area contributed by atoms with Gasteiger partial charge in [0, 0.05) is 12.6 Å². The van der Waals surface area contributed by atoms with Gasteiger partial charge in [0.2, 0.25) is 10.0 Å². The molecule has 26 heavy (non-hydrogen) atoms. The van der Waals surface area contributed by atoms with E-state index in [1.807, 2.05) is 13.0 Å². The third-order valence-electron chi connectivity index (χ3n) is 3.88. The van der Waals surface area contributed by atoms with E-state index in [2.05, 4.69) is 9.82 Å². The van der Waals surface area contributed by atoms with Crippen LogP contribution in [0, 0.1) is 13.8 Å². The minimum absolute atomic E-state index is 0.0458. The molecule has 0 radical (unpaired) electrons.